The SMILES string of the molecule is CCP1(=O)CCN(c2cncc(Nc3ncc(Cl)c(Nc4ccccc4S(=O)(=O)N(C)C)n3)c2)CC1. The molecular weight excluding hydrogens is 521 g/mol. The van der Waals surface area contributed by atoms with Crippen molar-refractivity contribution < 1.29 is 13.0 Å². The van der Waals surface area contributed by atoms with Gasteiger partial charge in [0.15, 0.2) is 5.82 Å². The van der Waals surface area contributed by atoms with E-state index in [0.717, 1.165) is 29.2 Å². The molecule has 36 heavy (non-hydrogen) atoms. The molecule has 1 saturated heterocycles. The number of para-hydroxylation sites is 1. The average molecular weight is 550 g/mol. The molecule has 192 valence electrons. The summed E-state index contributed by atoms with van der Waals surface area (Å²) >= 11 is 6.32. The molecule has 0 unspecified atom stereocenters. The van der Waals surface area contributed by atoms with Crippen LogP contribution in [0.25, 0.3) is 0 Å². The van der Waals surface area contributed by atoms with Gasteiger partial charge in [-0.05, 0) is 24.4 Å². The first kappa shape index (κ1) is 26.3. The number of anilines is 5. The molecule has 3 aromatic rings. The number of nitrogens with zero attached hydrogens (tertiary/aromatic N) is 5. The topological polar surface area (TPSA) is 120 Å². The lowest BCUT2D eigenvalue weighted by atomic mass is 10.3. The third-order valence-electron chi connectivity index (χ3n) is 6.12. The summed E-state index contributed by atoms with van der Waals surface area (Å²) in [5, 5.41) is 6.40. The lowest BCUT2D eigenvalue weighted by Crippen LogP contribution is -2.35. The standard InChI is InChI=1S/C23H29ClN7O3PS/c1-4-35(32)11-9-31(10-12-35)18-13-17(14-25-15-18)27-23-26-16-19(24)22(29-23)28-20-7-5-6-8-21(20)36(33,34)30(2)3/h5-8,13-16H,4,9-12H2,1-3H3,(H2,26,27,28,29). The van der Waals surface area contributed by atoms with Crippen molar-refractivity contribution >= 4 is 57.6 Å². The number of benzene rings is 1. The van der Waals surface area contributed by atoms with Crippen LogP contribution in [0.2, 0.25) is 5.02 Å². The van der Waals surface area contributed by atoms with Gasteiger partial charge in [-0.15, -0.1) is 0 Å². The Kier molecular flexibility index (Phi) is 7.85. The van der Waals surface area contributed by atoms with Crippen molar-refractivity contribution in [2.45, 2.75) is 11.8 Å². The smallest absolute Gasteiger partial charge is 0.244 e. The highest BCUT2D eigenvalue weighted by atomic mass is 35.5. The van der Waals surface area contributed by atoms with Gasteiger partial charge in [0.2, 0.25) is 16.0 Å². The predicted molar refractivity (Wildman–Crippen MR) is 145 cm³/mol. The predicted octanol–water partition coefficient (Wildman–Crippen LogP) is 4.47. The number of rotatable bonds is 8. The molecule has 1 aliphatic heterocycles. The highest BCUT2D eigenvalue weighted by molar-refractivity contribution is 7.89. The van der Waals surface area contributed by atoms with Crippen molar-refractivity contribution in [1.82, 2.24) is 19.3 Å². The fourth-order valence-electron chi connectivity index (χ4n) is 3.84. The Morgan fingerprint density at radius 3 is 2.53 bits per heavy atom. The van der Waals surface area contributed by atoms with Crippen LogP contribution in [0.15, 0.2) is 53.8 Å². The van der Waals surface area contributed by atoms with Crippen molar-refractivity contribution in [3.8, 4) is 0 Å². The summed E-state index contributed by atoms with van der Waals surface area (Å²) in [6.07, 6.45) is 7.05. The molecule has 13 heteroatoms. The number of nitrogens with one attached hydrogen (secondary N) is 2. The normalized spacial score (nSPS) is 15.6. The van der Waals surface area contributed by atoms with Gasteiger partial charge in [0, 0.05) is 39.5 Å². The maximum absolute atomic E-state index is 12.7. The van der Waals surface area contributed by atoms with E-state index in [4.69, 9.17) is 11.6 Å². The van der Waals surface area contributed by atoms with E-state index in [1.807, 2.05) is 13.0 Å². The van der Waals surface area contributed by atoms with E-state index in [2.05, 4.69) is 30.5 Å². The largest absolute Gasteiger partial charge is 0.369 e. The summed E-state index contributed by atoms with van der Waals surface area (Å²) in [7, 11) is -2.78. The molecule has 2 N–H and O–H groups in total. The van der Waals surface area contributed by atoms with Gasteiger partial charge in [-0.1, -0.05) is 30.7 Å². The molecule has 4 rings (SSSR count). The Morgan fingerprint density at radius 1 is 1.11 bits per heavy atom. The van der Waals surface area contributed by atoms with Crippen LogP contribution in [0, 0.1) is 0 Å². The Labute approximate surface area is 216 Å². The molecule has 0 saturated carbocycles. The van der Waals surface area contributed by atoms with Crippen LogP contribution in [0.5, 0.6) is 0 Å². The summed E-state index contributed by atoms with van der Waals surface area (Å²) in [4.78, 5) is 15.3. The fourth-order valence-corrected chi connectivity index (χ4v) is 7.08. The second-order valence-corrected chi connectivity index (χ2v) is 14.8. The molecule has 0 atom stereocenters. The molecule has 1 aliphatic rings. The second-order valence-electron chi connectivity index (χ2n) is 8.66. The minimum absolute atomic E-state index is 0.102. The van der Waals surface area contributed by atoms with E-state index in [9.17, 15) is 13.0 Å². The molecule has 0 bridgehead atoms. The molecular formula is C23H29ClN7O3PS. The number of pyridine rings is 1. The monoisotopic (exact) mass is 549 g/mol. The number of halogens is 1. The van der Waals surface area contributed by atoms with Gasteiger partial charge >= 0.3 is 0 Å². The summed E-state index contributed by atoms with van der Waals surface area (Å²) in [5.41, 5.74) is 1.95. The molecule has 3 heterocycles. The number of sulfonamides is 1. The van der Waals surface area contributed by atoms with Crippen LogP contribution >= 0.6 is 18.7 Å². The van der Waals surface area contributed by atoms with Crippen molar-refractivity contribution in [3.05, 3.63) is 53.9 Å². The Bertz CT molecular complexity index is 1390. The van der Waals surface area contributed by atoms with E-state index in [1.54, 1.807) is 30.6 Å². The van der Waals surface area contributed by atoms with E-state index >= 15 is 0 Å². The van der Waals surface area contributed by atoms with Crippen LogP contribution in [-0.2, 0) is 14.6 Å². The van der Waals surface area contributed by atoms with E-state index < -0.39 is 17.2 Å². The lowest BCUT2D eigenvalue weighted by Gasteiger charge is -2.33. The molecule has 1 fully saturated rings. The first-order chi connectivity index (χ1) is 17.1. The van der Waals surface area contributed by atoms with E-state index in [0.29, 0.717) is 23.7 Å². The van der Waals surface area contributed by atoms with Gasteiger partial charge in [0.1, 0.15) is 9.92 Å². The molecule has 2 aromatic heterocycles. The van der Waals surface area contributed by atoms with Gasteiger partial charge in [0.25, 0.3) is 0 Å². The zero-order valence-electron chi connectivity index (χ0n) is 20.3. The van der Waals surface area contributed by atoms with Gasteiger partial charge in [0.05, 0.1) is 42.8 Å². The Hall–Kier alpha value is -2.72. The molecule has 1 aromatic carbocycles. The summed E-state index contributed by atoms with van der Waals surface area (Å²) < 4.78 is 39.3. The number of hydrogen-bond acceptors (Lipinski definition) is 9. The maximum atomic E-state index is 12.7. The third-order valence-corrected chi connectivity index (χ3v) is 11.5. The zero-order chi connectivity index (χ0) is 25.9. The molecule has 0 aliphatic carbocycles. The Morgan fingerprint density at radius 2 is 1.83 bits per heavy atom. The van der Waals surface area contributed by atoms with Crippen LogP contribution in [0.1, 0.15) is 6.92 Å². The maximum Gasteiger partial charge on any atom is 0.244 e. The summed E-state index contributed by atoms with van der Waals surface area (Å²) in [6, 6.07) is 8.48. The van der Waals surface area contributed by atoms with Gasteiger partial charge in [-0.25, -0.2) is 17.7 Å². The van der Waals surface area contributed by atoms with Crippen LogP contribution in [0.4, 0.5) is 28.8 Å². The highest BCUT2D eigenvalue weighted by Gasteiger charge is 2.27. The minimum Gasteiger partial charge on any atom is -0.369 e. The number of hydrogen-bond donors (Lipinski definition) is 2. The second kappa shape index (κ2) is 10.7. The molecule has 10 nitrogen and oxygen atoms in total. The van der Waals surface area contributed by atoms with Crippen LogP contribution < -0.4 is 15.5 Å². The van der Waals surface area contributed by atoms with E-state index in [-0.39, 0.29) is 21.7 Å². The van der Waals surface area contributed by atoms with Gasteiger partial charge < -0.3 is 20.1 Å². The molecule has 0 amide bonds. The minimum atomic E-state index is -3.69. The third kappa shape index (κ3) is 5.81. The quantitative estimate of drug-likeness (QED) is 0.392. The van der Waals surface area contributed by atoms with Crippen LogP contribution in [-0.4, -0.2) is 73.3 Å². The van der Waals surface area contributed by atoms with Crippen molar-refractivity contribution in [2.24, 2.45) is 0 Å². The lowest BCUT2D eigenvalue weighted by molar-refractivity contribution is 0.521. The number of aromatic nitrogens is 3. The van der Waals surface area contributed by atoms with Crippen molar-refractivity contribution in [3.63, 3.8) is 0 Å². The van der Waals surface area contributed by atoms with Crippen molar-refractivity contribution in [2.75, 3.05) is 61.2 Å². The molecule has 0 spiro atoms. The summed E-state index contributed by atoms with van der Waals surface area (Å²) in [5.74, 6) is 0.522. The fraction of sp³-hybridized carbons (Fsp3) is 0.348. The van der Waals surface area contributed by atoms with Gasteiger partial charge in [-0.3, -0.25) is 4.98 Å². The average Bonchev–Trinajstić information content (AvgIpc) is 2.87. The van der Waals surface area contributed by atoms with Crippen LogP contribution in [0.3, 0.4) is 0 Å². The zero-order valence-corrected chi connectivity index (χ0v) is 22.8. The Balaban J connectivity index is 1.54. The first-order valence-electron chi connectivity index (χ1n) is 11.5. The van der Waals surface area contributed by atoms with E-state index in [1.165, 1.54) is 26.4 Å². The highest BCUT2D eigenvalue weighted by Crippen LogP contribution is 2.47. The first-order valence-corrected chi connectivity index (χ1v) is 15.5. The van der Waals surface area contributed by atoms with Crippen molar-refractivity contribution in [1.29, 1.82) is 0 Å². The van der Waals surface area contributed by atoms with Gasteiger partial charge in [-0.2, -0.15) is 4.98 Å². The molecule has 0 radical (unpaired) electrons. The summed E-state index contributed by atoms with van der Waals surface area (Å²) in [6.45, 7) is 3.46.